The number of allylic oxidation sites excluding steroid dienone is 4. The molecular formula is C10H8N8S. The van der Waals surface area contributed by atoms with Gasteiger partial charge < -0.3 is 0 Å². The summed E-state index contributed by atoms with van der Waals surface area (Å²) in [6.45, 7) is 0.453. The molecule has 8 nitrogen and oxygen atoms in total. The molecule has 0 unspecified atom stereocenters. The summed E-state index contributed by atoms with van der Waals surface area (Å²) in [5, 5.41) is 24.8. The highest BCUT2D eigenvalue weighted by atomic mass is 32.1. The lowest BCUT2D eigenvalue weighted by Gasteiger charge is -1.95. The maximum atomic E-state index is 4.56. The fourth-order valence-corrected chi connectivity index (χ4v) is 2.78. The van der Waals surface area contributed by atoms with Gasteiger partial charge >= 0.3 is 0 Å². The first kappa shape index (κ1) is 10.5. The summed E-state index contributed by atoms with van der Waals surface area (Å²) in [4.78, 5) is 0.783. The van der Waals surface area contributed by atoms with E-state index in [2.05, 4.69) is 43.0 Å². The van der Waals surface area contributed by atoms with Crippen molar-refractivity contribution in [3.8, 4) is 0 Å². The fraction of sp³-hybridized carbons (Fsp3) is 0.200. The van der Waals surface area contributed by atoms with Crippen molar-refractivity contribution in [2.45, 2.75) is 13.0 Å². The second-order valence-corrected chi connectivity index (χ2v) is 5.01. The van der Waals surface area contributed by atoms with Crippen LogP contribution in [0.25, 0.3) is 10.5 Å². The van der Waals surface area contributed by atoms with E-state index in [9.17, 15) is 0 Å². The van der Waals surface area contributed by atoms with Crippen LogP contribution in [0.3, 0.4) is 0 Å². The normalized spacial score (nSPS) is 14.4. The summed E-state index contributed by atoms with van der Waals surface area (Å²) in [5.41, 5.74) is 1.21. The fourth-order valence-electron chi connectivity index (χ4n) is 1.89. The predicted molar refractivity (Wildman–Crippen MR) is 67.3 cm³/mol. The Bertz CT molecular complexity index is 778. The average molecular weight is 272 g/mol. The van der Waals surface area contributed by atoms with Crippen LogP contribution in [0.15, 0.2) is 24.6 Å². The van der Waals surface area contributed by atoms with E-state index in [0.717, 1.165) is 22.2 Å². The lowest BCUT2D eigenvalue weighted by atomic mass is 10.2. The molecule has 0 N–H and O–H groups in total. The lowest BCUT2D eigenvalue weighted by molar-refractivity contribution is 0.610. The van der Waals surface area contributed by atoms with Gasteiger partial charge in [0, 0.05) is 0 Å². The number of rotatable bonds is 3. The molecule has 94 valence electrons. The molecule has 0 aromatic carbocycles. The molecule has 0 fully saturated rings. The van der Waals surface area contributed by atoms with Crippen LogP contribution in [-0.4, -0.2) is 40.0 Å². The van der Waals surface area contributed by atoms with Crippen LogP contribution in [-0.2, 0) is 6.54 Å². The summed E-state index contributed by atoms with van der Waals surface area (Å²) in [6.07, 6.45) is 8.69. The topological polar surface area (TPSA) is 86.7 Å². The van der Waals surface area contributed by atoms with Gasteiger partial charge in [-0.25, -0.2) is 4.68 Å². The summed E-state index contributed by atoms with van der Waals surface area (Å²) in [5.74, 6) is 0.719. The third-order valence-electron chi connectivity index (χ3n) is 2.80. The zero-order valence-electron chi connectivity index (χ0n) is 9.71. The van der Waals surface area contributed by atoms with Crippen molar-refractivity contribution in [2.75, 3.05) is 0 Å². The SMILES string of the molecule is C1=CCC(c2nn3c(Cn4cnnn4)nnc3s2)=C1. The number of fused-ring (bicyclic) bond motifs is 1. The second-order valence-electron chi connectivity index (χ2n) is 4.05. The molecule has 0 spiro atoms. The third kappa shape index (κ3) is 1.74. The van der Waals surface area contributed by atoms with Crippen molar-refractivity contribution >= 4 is 21.9 Å². The molecule has 19 heavy (non-hydrogen) atoms. The monoisotopic (exact) mass is 272 g/mol. The van der Waals surface area contributed by atoms with Gasteiger partial charge in [0.2, 0.25) is 4.96 Å². The molecule has 3 aromatic heterocycles. The van der Waals surface area contributed by atoms with Gasteiger partial charge in [0.15, 0.2) is 5.82 Å². The summed E-state index contributed by atoms with van der Waals surface area (Å²) in [7, 11) is 0. The quantitative estimate of drug-likeness (QED) is 0.692. The number of hydrogen-bond donors (Lipinski definition) is 0. The first-order valence-corrected chi connectivity index (χ1v) is 6.50. The van der Waals surface area contributed by atoms with E-state index in [1.54, 1.807) is 9.20 Å². The van der Waals surface area contributed by atoms with Crippen molar-refractivity contribution in [2.24, 2.45) is 0 Å². The van der Waals surface area contributed by atoms with Gasteiger partial charge in [-0.2, -0.15) is 9.61 Å². The molecule has 0 radical (unpaired) electrons. The number of nitrogens with zero attached hydrogens (tertiary/aromatic N) is 8. The first-order valence-electron chi connectivity index (χ1n) is 5.68. The van der Waals surface area contributed by atoms with Gasteiger partial charge in [0.1, 0.15) is 17.9 Å². The molecule has 9 heteroatoms. The first-order chi connectivity index (χ1) is 9.40. The highest BCUT2D eigenvalue weighted by Gasteiger charge is 2.15. The van der Waals surface area contributed by atoms with Crippen LogP contribution in [0.1, 0.15) is 17.3 Å². The molecule has 0 saturated carbocycles. The zero-order valence-corrected chi connectivity index (χ0v) is 10.5. The van der Waals surface area contributed by atoms with Crippen molar-refractivity contribution in [1.29, 1.82) is 0 Å². The Hall–Kier alpha value is -2.42. The van der Waals surface area contributed by atoms with Crippen LogP contribution in [0.4, 0.5) is 0 Å². The maximum absolute atomic E-state index is 4.56. The smallest absolute Gasteiger partial charge is 0.225 e. The van der Waals surface area contributed by atoms with Crippen molar-refractivity contribution in [3.05, 3.63) is 35.4 Å². The lowest BCUT2D eigenvalue weighted by Crippen LogP contribution is -2.05. The maximum Gasteiger partial charge on any atom is 0.235 e. The Kier molecular flexibility index (Phi) is 2.24. The van der Waals surface area contributed by atoms with Gasteiger partial charge in [0.05, 0.1) is 0 Å². The molecule has 0 amide bonds. The summed E-state index contributed by atoms with van der Waals surface area (Å²) in [6, 6.07) is 0. The van der Waals surface area contributed by atoms with E-state index in [0.29, 0.717) is 6.54 Å². The highest BCUT2D eigenvalue weighted by Crippen LogP contribution is 2.27. The molecular weight excluding hydrogens is 264 g/mol. The zero-order chi connectivity index (χ0) is 12.7. The average Bonchev–Trinajstić information content (AvgIpc) is 3.15. The van der Waals surface area contributed by atoms with E-state index >= 15 is 0 Å². The van der Waals surface area contributed by atoms with Crippen LogP contribution in [0, 0.1) is 0 Å². The minimum Gasteiger partial charge on any atom is -0.225 e. The van der Waals surface area contributed by atoms with Gasteiger partial charge in [-0.3, -0.25) is 0 Å². The molecule has 0 bridgehead atoms. The Morgan fingerprint density at radius 2 is 2.32 bits per heavy atom. The Morgan fingerprint density at radius 1 is 1.32 bits per heavy atom. The molecule has 0 saturated heterocycles. The Labute approximate surface area is 111 Å². The van der Waals surface area contributed by atoms with Crippen molar-refractivity contribution in [3.63, 3.8) is 0 Å². The van der Waals surface area contributed by atoms with Gasteiger partial charge in [-0.05, 0) is 22.4 Å². The number of tetrazole rings is 1. The van der Waals surface area contributed by atoms with Gasteiger partial charge in [-0.15, -0.1) is 15.3 Å². The predicted octanol–water partition coefficient (Wildman–Crippen LogP) is 0.564. The van der Waals surface area contributed by atoms with E-state index in [4.69, 9.17) is 0 Å². The van der Waals surface area contributed by atoms with E-state index in [-0.39, 0.29) is 0 Å². The third-order valence-corrected chi connectivity index (χ3v) is 3.77. The minimum atomic E-state index is 0.453. The number of aromatic nitrogens is 8. The molecule has 1 aliphatic rings. The minimum absolute atomic E-state index is 0.453. The molecule has 0 aliphatic heterocycles. The summed E-state index contributed by atoms with van der Waals surface area (Å²) >= 11 is 1.54. The highest BCUT2D eigenvalue weighted by molar-refractivity contribution is 7.17. The van der Waals surface area contributed by atoms with Crippen LogP contribution in [0.5, 0.6) is 0 Å². The summed E-state index contributed by atoms with van der Waals surface area (Å²) < 4.78 is 3.34. The van der Waals surface area contributed by atoms with Crippen LogP contribution in [0.2, 0.25) is 0 Å². The Balaban J connectivity index is 1.72. The largest absolute Gasteiger partial charge is 0.235 e. The molecule has 4 rings (SSSR count). The van der Waals surface area contributed by atoms with Gasteiger partial charge in [-0.1, -0.05) is 29.6 Å². The molecule has 1 aliphatic carbocycles. The van der Waals surface area contributed by atoms with E-state index < -0.39 is 0 Å². The van der Waals surface area contributed by atoms with Crippen molar-refractivity contribution < 1.29 is 0 Å². The Morgan fingerprint density at radius 3 is 3.11 bits per heavy atom. The molecule has 3 aromatic rings. The molecule has 0 atom stereocenters. The standard InChI is InChI=1S/C10H8N8S/c1-2-4-7(3-1)9-14-18-8(12-13-10(18)19-9)5-17-6-11-15-16-17/h1-3,6H,4-5H2. The van der Waals surface area contributed by atoms with Crippen LogP contribution < -0.4 is 0 Å². The molecule has 3 heterocycles. The van der Waals surface area contributed by atoms with E-state index in [1.807, 2.05) is 6.08 Å². The van der Waals surface area contributed by atoms with Crippen LogP contribution >= 0.6 is 11.3 Å². The second kappa shape index (κ2) is 4.05. The van der Waals surface area contributed by atoms with Gasteiger partial charge in [0.25, 0.3) is 0 Å². The van der Waals surface area contributed by atoms with E-state index in [1.165, 1.54) is 23.2 Å². The van der Waals surface area contributed by atoms with Crippen molar-refractivity contribution in [1.82, 2.24) is 40.0 Å². The number of hydrogen-bond acceptors (Lipinski definition) is 7.